The Morgan fingerprint density at radius 1 is 1.25 bits per heavy atom. The van der Waals surface area contributed by atoms with Gasteiger partial charge in [0.05, 0.1) is 6.54 Å². The molecule has 0 unspecified atom stereocenters. The number of rotatable bonds is 2. The third-order valence-corrected chi connectivity index (χ3v) is 2.99. The first-order chi connectivity index (χ1) is 7.92. The van der Waals surface area contributed by atoms with Crippen LogP contribution in [0.5, 0.6) is 0 Å². The number of nitrogens with zero attached hydrogens (tertiary/aromatic N) is 1. The molecule has 2 saturated heterocycles. The van der Waals surface area contributed by atoms with Crippen LogP contribution in [0.25, 0.3) is 0 Å². The molecule has 16 heavy (non-hydrogen) atoms. The molecular weight excluding hydrogens is 204 g/mol. The summed E-state index contributed by atoms with van der Waals surface area (Å²) < 4.78 is 0. The van der Waals surface area contributed by atoms with E-state index in [1.165, 1.54) is 5.56 Å². The maximum atomic E-state index is 5.72. The minimum Gasteiger partial charge on any atom is -0.288 e. The van der Waals surface area contributed by atoms with Gasteiger partial charge in [-0.25, -0.2) is 0 Å². The zero-order valence-corrected chi connectivity index (χ0v) is 9.13. The number of hydrogen-bond acceptors (Lipinski definition) is 4. The van der Waals surface area contributed by atoms with Crippen LogP contribution in [0.2, 0.25) is 0 Å². The summed E-state index contributed by atoms with van der Waals surface area (Å²) in [6.45, 7) is 1.69. The normalized spacial score (nSPS) is 30.2. The van der Waals surface area contributed by atoms with Crippen LogP contribution in [-0.4, -0.2) is 24.1 Å². The van der Waals surface area contributed by atoms with E-state index in [-0.39, 0.29) is 12.3 Å². The van der Waals surface area contributed by atoms with Crippen LogP contribution in [0.1, 0.15) is 18.4 Å². The molecule has 1 aromatic carbocycles. The van der Waals surface area contributed by atoms with Crippen molar-refractivity contribution in [1.29, 1.82) is 0 Å². The van der Waals surface area contributed by atoms with Crippen molar-refractivity contribution >= 4 is 0 Å². The van der Waals surface area contributed by atoms with Crippen molar-refractivity contribution in [3.05, 3.63) is 35.9 Å². The summed E-state index contributed by atoms with van der Waals surface area (Å²) in [7, 11) is 0. The molecule has 4 heteroatoms. The van der Waals surface area contributed by atoms with E-state index >= 15 is 0 Å². The molecule has 2 aliphatic heterocycles. The second kappa shape index (κ2) is 4.51. The second-order valence-electron chi connectivity index (χ2n) is 4.24. The molecule has 0 saturated carbocycles. The number of hydroxylamine groups is 2. The van der Waals surface area contributed by atoms with E-state index in [2.05, 4.69) is 17.4 Å². The summed E-state index contributed by atoms with van der Waals surface area (Å²) in [5.74, 6) is 0. The first-order valence-electron chi connectivity index (χ1n) is 5.80. The average molecular weight is 220 g/mol. The van der Waals surface area contributed by atoms with Crippen molar-refractivity contribution in [3.63, 3.8) is 0 Å². The molecule has 0 amide bonds. The molecule has 2 aliphatic rings. The van der Waals surface area contributed by atoms with Crippen LogP contribution in [0.4, 0.5) is 0 Å². The van der Waals surface area contributed by atoms with Gasteiger partial charge in [0.15, 0.2) is 6.23 Å². The van der Waals surface area contributed by atoms with Gasteiger partial charge in [-0.2, -0.15) is 0 Å². The van der Waals surface area contributed by atoms with Gasteiger partial charge in [0.25, 0.3) is 0 Å². The predicted molar refractivity (Wildman–Crippen MR) is 59.0 cm³/mol. The molecule has 0 bridgehead atoms. The topological polar surface area (TPSA) is 33.7 Å². The molecule has 1 aromatic rings. The van der Waals surface area contributed by atoms with Gasteiger partial charge in [0, 0.05) is 0 Å². The second-order valence-corrected chi connectivity index (χ2v) is 4.24. The van der Waals surface area contributed by atoms with E-state index in [0.717, 1.165) is 19.4 Å². The van der Waals surface area contributed by atoms with Gasteiger partial charge < -0.3 is 0 Å². The zero-order chi connectivity index (χ0) is 10.8. The van der Waals surface area contributed by atoms with Crippen molar-refractivity contribution in [2.24, 2.45) is 0 Å². The summed E-state index contributed by atoms with van der Waals surface area (Å²) in [6.07, 6.45) is 2.45. The summed E-state index contributed by atoms with van der Waals surface area (Å²) in [4.78, 5) is 11.4. The van der Waals surface area contributed by atoms with Crippen molar-refractivity contribution in [2.45, 2.75) is 31.7 Å². The van der Waals surface area contributed by atoms with E-state index in [9.17, 15) is 0 Å². The zero-order valence-electron chi connectivity index (χ0n) is 9.13. The average Bonchev–Trinajstić information content (AvgIpc) is 2.72. The van der Waals surface area contributed by atoms with Crippen LogP contribution >= 0.6 is 0 Å². The first-order valence-corrected chi connectivity index (χ1v) is 5.80. The van der Waals surface area contributed by atoms with Crippen molar-refractivity contribution in [1.82, 2.24) is 10.5 Å². The lowest BCUT2D eigenvalue weighted by Crippen LogP contribution is -2.42. The Hall–Kier alpha value is -0.940. The molecule has 0 aromatic heterocycles. The van der Waals surface area contributed by atoms with Crippen LogP contribution in [0, 0.1) is 0 Å². The fraction of sp³-hybridized carbons (Fsp3) is 0.500. The maximum Gasteiger partial charge on any atom is 0.161 e. The van der Waals surface area contributed by atoms with E-state index in [4.69, 9.17) is 9.68 Å². The minimum atomic E-state index is 0.0393. The Labute approximate surface area is 95.1 Å². The van der Waals surface area contributed by atoms with Crippen LogP contribution in [0.3, 0.4) is 0 Å². The molecular formula is C12H16N2O2. The molecule has 0 radical (unpaired) electrons. The Balaban J connectivity index is 1.61. The van der Waals surface area contributed by atoms with Crippen LogP contribution in [-0.2, 0) is 16.2 Å². The fourth-order valence-corrected chi connectivity index (χ4v) is 2.15. The smallest absolute Gasteiger partial charge is 0.161 e. The molecule has 0 spiro atoms. The number of nitrogens with one attached hydrogen (secondary N) is 1. The Bertz CT molecular complexity index is 330. The first kappa shape index (κ1) is 10.2. The van der Waals surface area contributed by atoms with Gasteiger partial charge in [-0.3, -0.25) is 15.0 Å². The fourth-order valence-electron chi connectivity index (χ4n) is 2.15. The molecule has 2 fully saturated rings. The third-order valence-electron chi connectivity index (χ3n) is 2.99. The maximum absolute atomic E-state index is 5.72. The highest BCUT2D eigenvalue weighted by Gasteiger charge is 2.37. The third kappa shape index (κ3) is 2.10. The van der Waals surface area contributed by atoms with Crippen molar-refractivity contribution in [2.75, 3.05) is 6.54 Å². The SMILES string of the molecule is c1ccc(CN2O[C@H]3NCCC[C@H]3O2)cc1. The molecule has 4 nitrogen and oxygen atoms in total. The number of fused-ring (bicyclic) bond motifs is 1. The molecule has 0 aliphatic carbocycles. The molecule has 2 heterocycles. The number of piperidine rings is 1. The predicted octanol–water partition coefficient (Wildman–Crippen LogP) is 1.44. The van der Waals surface area contributed by atoms with Crippen molar-refractivity contribution < 1.29 is 9.68 Å². The Morgan fingerprint density at radius 3 is 2.94 bits per heavy atom. The lowest BCUT2D eigenvalue weighted by molar-refractivity contribution is -0.322. The van der Waals surface area contributed by atoms with Crippen LogP contribution in [0.15, 0.2) is 30.3 Å². The largest absolute Gasteiger partial charge is 0.288 e. The number of benzene rings is 1. The highest BCUT2D eigenvalue weighted by atomic mass is 17.0. The van der Waals surface area contributed by atoms with Gasteiger partial charge in [0.1, 0.15) is 6.10 Å². The van der Waals surface area contributed by atoms with Crippen molar-refractivity contribution in [3.8, 4) is 0 Å². The minimum absolute atomic E-state index is 0.0393. The Kier molecular flexibility index (Phi) is 2.88. The lowest BCUT2D eigenvalue weighted by Gasteiger charge is -2.21. The highest BCUT2D eigenvalue weighted by Crippen LogP contribution is 2.24. The van der Waals surface area contributed by atoms with Gasteiger partial charge in [-0.1, -0.05) is 35.6 Å². The van der Waals surface area contributed by atoms with Gasteiger partial charge in [-0.05, 0) is 24.9 Å². The van der Waals surface area contributed by atoms with E-state index < -0.39 is 0 Å². The Morgan fingerprint density at radius 2 is 2.12 bits per heavy atom. The van der Waals surface area contributed by atoms with Gasteiger partial charge in [-0.15, -0.1) is 0 Å². The highest BCUT2D eigenvalue weighted by molar-refractivity contribution is 5.13. The van der Waals surface area contributed by atoms with E-state index in [1.807, 2.05) is 18.2 Å². The van der Waals surface area contributed by atoms with E-state index in [0.29, 0.717) is 6.54 Å². The molecule has 1 N–H and O–H groups in total. The lowest BCUT2D eigenvalue weighted by atomic mass is 10.1. The summed E-state index contributed by atoms with van der Waals surface area (Å²) in [6, 6.07) is 10.2. The monoisotopic (exact) mass is 220 g/mol. The quantitative estimate of drug-likeness (QED) is 0.817. The summed E-state index contributed by atoms with van der Waals surface area (Å²) >= 11 is 0. The molecule has 3 rings (SSSR count). The van der Waals surface area contributed by atoms with Crippen LogP contribution < -0.4 is 5.32 Å². The number of hydrogen-bond donors (Lipinski definition) is 1. The molecule has 2 atom stereocenters. The summed E-state index contributed by atoms with van der Waals surface area (Å²) in [5, 5.41) is 4.91. The van der Waals surface area contributed by atoms with E-state index in [1.54, 1.807) is 5.23 Å². The summed E-state index contributed by atoms with van der Waals surface area (Å²) in [5.41, 5.74) is 1.20. The van der Waals surface area contributed by atoms with Gasteiger partial charge >= 0.3 is 0 Å². The van der Waals surface area contributed by atoms with Gasteiger partial charge in [0.2, 0.25) is 0 Å². The molecule has 86 valence electrons. The standard InChI is InChI=1S/C12H16N2O2/c1-2-5-10(6-3-1)9-14-15-11-7-4-8-13-12(11)16-14/h1-3,5-6,11-13H,4,7-9H2/t11-,12-/m1/s1.